The van der Waals surface area contributed by atoms with E-state index in [1.807, 2.05) is 0 Å². The standard InChI is InChI=1S/C18H23F3N2O.ClH/c19-18(20,21)15-5-1-4-14(11-15)17(7-8-17)16(24)23-10-6-13-3-2-9-22-12-13;/h1,4-5,11,13,22H,2-3,6-10,12H2,(H,23,24);1H. The van der Waals surface area contributed by atoms with Crippen LogP contribution in [0, 0.1) is 5.92 Å². The molecule has 3 rings (SSSR count). The van der Waals surface area contributed by atoms with Crippen LogP contribution < -0.4 is 10.6 Å². The minimum Gasteiger partial charge on any atom is -0.355 e. The number of rotatable bonds is 5. The highest BCUT2D eigenvalue weighted by Gasteiger charge is 2.51. The van der Waals surface area contributed by atoms with Gasteiger partial charge in [0.25, 0.3) is 0 Å². The van der Waals surface area contributed by atoms with Gasteiger partial charge in [-0.3, -0.25) is 4.79 Å². The fourth-order valence-corrected chi connectivity index (χ4v) is 3.49. The van der Waals surface area contributed by atoms with E-state index in [4.69, 9.17) is 0 Å². The van der Waals surface area contributed by atoms with E-state index in [1.165, 1.54) is 12.5 Å². The van der Waals surface area contributed by atoms with Crippen molar-refractivity contribution >= 4 is 18.3 Å². The fourth-order valence-electron chi connectivity index (χ4n) is 3.49. The quantitative estimate of drug-likeness (QED) is 0.823. The number of piperidine rings is 1. The van der Waals surface area contributed by atoms with Gasteiger partial charge in [-0.1, -0.05) is 18.2 Å². The Morgan fingerprint density at radius 1 is 1.32 bits per heavy atom. The van der Waals surface area contributed by atoms with Crippen molar-refractivity contribution in [3.05, 3.63) is 35.4 Å². The lowest BCUT2D eigenvalue weighted by Gasteiger charge is -2.23. The van der Waals surface area contributed by atoms with Crippen molar-refractivity contribution in [1.82, 2.24) is 10.6 Å². The zero-order valence-electron chi connectivity index (χ0n) is 14.0. The maximum absolute atomic E-state index is 12.9. The molecule has 1 saturated carbocycles. The third-order valence-corrected chi connectivity index (χ3v) is 5.16. The van der Waals surface area contributed by atoms with Crippen LogP contribution in [0.25, 0.3) is 0 Å². The molecule has 1 aliphatic carbocycles. The molecule has 1 unspecified atom stereocenters. The monoisotopic (exact) mass is 376 g/mol. The second-order valence-corrected chi connectivity index (χ2v) is 6.92. The van der Waals surface area contributed by atoms with E-state index >= 15 is 0 Å². The lowest BCUT2D eigenvalue weighted by atomic mass is 9.92. The number of hydrogen-bond donors (Lipinski definition) is 2. The topological polar surface area (TPSA) is 41.1 Å². The lowest BCUT2D eigenvalue weighted by molar-refractivity contribution is -0.137. The summed E-state index contributed by atoms with van der Waals surface area (Å²) in [5.74, 6) is 0.438. The van der Waals surface area contributed by atoms with Gasteiger partial charge >= 0.3 is 6.18 Å². The highest BCUT2D eigenvalue weighted by Crippen LogP contribution is 2.49. The third-order valence-electron chi connectivity index (χ3n) is 5.16. The zero-order chi connectivity index (χ0) is 17.2. The number of hydrogen-bond acceptors (Lipinski definition) is 2. The normalized spacial score (nSPS) is 22.0. The van der Waals surface area contributed by atoms with Gasteiger partial charge in [0.05, 0.1) is 11.0 Å². The SMILES string of the molecule is Cl.O=C(NCCC1CCCNC1)C1(c2cccc(C(F)(F)F)c2)CC1. The maximum atomic E-state index is 12.9. The van der Waals surface area contributed by atoms with E-state index in [1.54, 1.807) is 6.07 Å². The van der Waals surface area contributed by atoms with Gasteiger partial charge in [-0.25, -0.2) is 0 Å². The molecule has 0 aromatic heterocycles. The summed E-state index contributed by atoms with van der Waals surface area (Å²) >= 11 is 0. The number of amides is 1. The summed E-state index contributed by atoms with van der Waals surface area (Å²) in [5.41, 5.74) is -0.965. The lowest BCUT2D eigenvalue weighted by Crippen LogP contribution is -2.37. The molecule has 1 saturated heterocycles. The minimum absolute atomic E-state index is 0. The summed E-state index contributed by atoms with van der Waals surface area (Å²) in [7, 11) is 0. The average molecular weight is 377 g/mol. The molecule has 2 N–H and O–H groups in total. The maximum Gasteiger partial charge on any atom is 0.416 e. The van der Waals surface area contributed by atoms with Crippen molar-refractivity contribution in [1.29, 1.82) is 0 Å². The molecular formula is C18H24ClF3N2O. The molecule has 1 heterocycles. The molecule has 25 heavy (non-hydrogen) atoms. The van der Waals surface area contributed by atoms with Crippen LogP contribution in [0.1, 0.15) is 43.2 Å². The van der Waals surface area contributed by atoms with Gasteiger partial charge < -0.3 is 10.6 Å². The molecule has 0 radical (unpaired) electrons. The van der Waals surface area contributed by atoms with E-state index in [9.17, 15) is 18.0 Å². The minimum atomic E-state index is -4.38. The molecule has 2 fully saturated rings. The summed E-state index contributed by atoms with van der Waals surface area (Å²) < 4.78 is 38.6. The van der Waals surface area contributed by atoms with Gasteiger partial charge in [0.2, 0.25) is 5.91 Å². The Morgan fingerprint density at radius 3 is 2.68 bits per heavy atom. The van der Waals surface area contributed by atoms with Gasteiger partial charge in [-0.05, 0) is 62.7 Å². The Morgan fingerprint density at radius 2 is 2.08 bits per heavy atom. The van der Waals surface area contributed by atoms with Crippen LogP contribution in [0.5, 0.6) is 0 Å². The van der Waals surface area contributed by atoms with Crippen molar-refractivity contribution in [2.24, 2.45) is 5.92 Å². The molecule has 140 valence electrons. The van der Waals surface area contributed by atoms with Crippen LogP contribution in [0.2, 0.25) is 0 Å². The van der Waals surface area contributed by atoms with Crippen LogP contribution in [0.15, 0.2) is 24.3 Å². The van der Waals surface area contributed by atoms with Gasteiger partial charge in [-0.15, -0.1) is 12.4 Å². The van der Waals surface area contributed by atoms with Crippen molar-refractivity contribution < 1.29 is 18.0 Å². The highest BCUT2D eigenvalue weighted by atomic mass is 35.5. The Balaban J connectivity index is 0.00000225. The molecule has 7 heteroatoms. The predicted molar refractivity (Wildman–Crippen MR) is 92.8 cm³/mol. The molecular weight excluding hydrogens is 353 g/mol. The number of nitrogens with one attached hydrogen (secondary N) is 2. The van der Waals surface area contributed by atoms with Crippen LogP contribution >= 0.6 is 12.4 Å². The van der Waals surface area contributed by atoms with E-state index < -0.39 is 17.2 Å². The number of carbonyl (C=O) groups excluding carboxylic acids is 1. The first-order valence-electron chi connectivity index (χ1n) is 8.58. The number of carbonyl (C=O) groups is 1. The molecule has 0 spiro atoms. The van der Waals surface area contributed by atoms with E-state index in [0.29, 0.717) is 30.9 Å². The molecule has 0 bridgehead atoms. The Hall–Kier alpha value is -1.27. The summed E-state index contributed by atoms with van der Waals surface area (Å²) in [5, 5.41) is 6.28. The van der Waals surface area contributed by atoms with E-state index in [2.05, 4.69) is 10.6 Å². The summed E-state index contributed by atoms with van der Waals surface area (Å²) in [6, 6.07) is 5.19. The van der Waals surface area contributed by atoms with Crippen LogP contribution in [0.4, 0.5) is 13.2 Å². The van der Waals surface area contributed by atoms with Crippen molar-refractivity contribution in [2.75, 3.05) is 19.6 Å². The second kappa shape index (κ2) is 7.96. The molecule has 1 aromatic carbocycles. The van der Waals surface area contributed by atoms with E-state index in [0.717, 1.165) is 38.1 Å². The van der Waals surface area contributed by atoms with Gasteiger partial charge in [-0.2, -0.15) is 13.2 Å². The first-order valence-corrected chi connectivity index (χ1v) is 8.58. The van der Waals surface area contributed by atoms with Gasteiger partial charge in [0.1, 0.15) is 0 Å². The van der Waals surface area contributed by atoms with Crippen molar-refractivity contribution in [2.45, 2.75) is 43.7 Å². The molecule has 1 aliphatic heterocycles. The molecule has 1 aromatic rings. The van der Waals surface area contributed by atoms with Crippen molar-refractivity contribution in [3.63, 3.8) is 0 Å². The predicted octanol–water partition coefficient (Wildman–Crippen LogP) is 3.66. The van der Waals surface area contributed by atoms with Crippen LogP contribution in [0.3, 0.4) is 0 Å². The Labute approximate surface area is 152 Å². The molecule has 2 aliphatic rings. The van der Waals surface area contributed by atoms with Crippen LogP contribution in [-0.2, 0) is 16.4 Å². The zero-order valence-corrected chi connectivity index (χ0v) is 14.8. The van der Waals surface area contributed by atoms with Gasteiger partial charge in [0, 0.05) is 6.54 Å². The highest BCUT2D eigenvalue weighted by molar-refractivity contribution is 5.91. The number of alkyl halides is 3. The van der Waals surface area contributed by atoms with E-state index in [-0.39, 0.29) is 18.3 Å². The first-order chi connectivity index (χ1) is 11.4. The molecule has 1 amide bonds. The van der Waals surface area contributed by atoms with Crippen molar-refractivity contribution in [3.8, 4) is 0 Å². The van der Waals surface area contributed by atoms with Gasteiger partial charge in [0.15, 0.2) is 0 Å². The first kappa shape index (κ1) is 20.0. The van der Waals surface area contributed by atoms with Crippen LogP contribution in [-0.4, -0.2) is 25.5 Å². The number of benzene rings is 1. The summed E-state index contributed by atoms with van der Waals surface area (Å²) in [4.78, 5) is 12.5. The molecule has 3 nitrogen and oxygen atoms in total. The average Bonchev–Trinajstić information content (AvgIpc) is 3.37. The smallest absolute Gasteiger partial charge is 0.355 e. The Bertz CT molecular complexity index is 596. The fraction of sp³-hybridized carbons (Fsp3) is 0.611. The largest absolute Gasteiger partial charge is 0.416 e. The second-order valence-electron chi connectivity index (χ2n) is 6.92. The summed E-state index contributed by atoms with van der Waals surface area (Å²) in [6.45, 7) is 2.63. The summed E-state index contributed by atoms with van der Waals surface area (Å²) in [6.07, 6.45) is 0.0959. The number of halogens is 4. The molecule has 1 atom stereocenters. The third kappa shape index (κ3) is 4.67. The Kier molecular flexibility index (Phi) is 6.38.